The second-order valence-corrected chi connectivity index (χ2v) is 8.35. The van der Waals surface area contributed by atoms with Crippen molar-refractivity contribution in [1.82, 2.24) is 30.4 Å². The topological polar surface area (TPSA) is 120 Å². The summed E-state index contributed by atoms with van der Waals surface area (Å²) in [6.45, 7) is 0.878. The molecule has 4 N–H and O–H groups in total. The van der Waals surface area contributed by atoms with E-state index in [0.717, 1.165) is 29.9 Å². The number of para-hydroxylation sites is 1. The highest BCUT2D eigenvalue weighted by molar-refractivity contribution is 5.98. The molecule has 0 saturated heterocycles. The molecular weight excluding hydrogens is 430 g/mol. The van der Waals surface area contributed by atoms with Gasteiger partial charge in [-0.25, -0.2) is 19.4 Å². The first-order chi connectivity index (χ1) is 16.7. The number of carbonyl (C=O) groups is 1. The van der Waals surface area contributed by atoms with Gasteiger partial charge in [0.1, 0.15) is 29.3 Å². The molecule has 0 bridgehead atoms. The SMILES string of the molecule is Nc1ncnc2c1c(-c1ccc(Oc3ccccc3)cc1)nn2CCNC(=O)NC1CCCC1. The van der Waals surface area contributed by atoms with Gasteiger partial charge in [0.15, 0.2) is 5.65 Å². The van der Waals surface area contributed by atoms with Crippen molar-refractivity contribution in [2.75, 3.05) is 12.3 Å². The van der Waals surface area contributed by atoms with Gasteiger partial charge in [-0.15, -0.1) is 0 Å². The molecule has 1 saturated carbocycles. The molecule has 4 aromatic rings. The maximum atomic E-state index is 12.2. The Morgan fingerprint density at radius 2 is 1.76 bits per heavy atom. The third kappa shape index (κ3) is 4.78. The van der Waals surface area contributed by atoms with E-state index in [4.69, 9.17) is 15.6 Å². The number of hydrogen-bond donors (Lipinski definition) is 3. The van der Waals surface area contributed by atoms with Crippen LogP contribution in [-0.2, 0) is 6.54 Å². The van der Waals surface area contributed by atoms with E-state index in [1.54, 1.807) is 4.68 Å². The van der Waals surface area contributed by atoms with Crippen molar-refractivity contribution < 1.29 is 9.53 Å². The van der Waals surface area contributed by atoms with Gasteiger partial charge in [-0.2, -0.15) is 5.10 Å². The van der Waals surface area contributed by atoms with Gasteiger partial charge in [0.2, 0.25) is 0 Å². The van der Waals surface area contributed by atoms with Gasteiger partial charge in [0.05, 0.1) is 11.9 Å². The summed E-state index contributed by atoms with van der Waals surface area (Å²) in [5.41, 5.74) is 8.39. The first kappa shape index (κ1) is 21.7. The maximum Gasteiger partial charge on any atom is 0.315 e. The summed E-state index contributed by atoms with van der Waals surface area (Å²) >= 11 is 0. The Morgan fingerprint density at radius 3 is 2.53 bits per heavy atom. The zero-order valence-corrected chi connectivity index (χ0v) is 18.8. The number of carbonyl (C=O) groups excluding carboxylic acids is 1. The number of amides is 2. The van der Waals surface area contributed by atoms with Gasteiger partial charge in [-0.3, -0.25) is 0 Å². The standard InChI is InChI=1S/C25H27N7O2/c26-23-21-22(17-10-12-20(13-11-17)34-19-8-2-1-3-9-19)31-32(24(21)29-16-28-23)15-14-27-25(33)30-18-6-4-5-7-18/h1-3,8-13,16,18H,4-7,14-15H2,(H2,26,28,29)(H2,27,30,33). The van der Waals surface area contributed by atoms with Gasteiger partial charge >= 0.3 is 6.03 Å². The second kappa shape index (κ2) is 9.78. The van der Waals surface area contributed by atoms with Crippen LogP contribution in [0.3, 0.4) is 0 Å². The smallest absolute Gasteiger partial charge is 0.315 e. The summed E-state index contributed by atoms with van der Waals surface area (Å²) in [6.07, 6.45) is 5.87. The Morgan fingerprint density at radius 1 is 1.03 bits per heavy atom. The molecule has 2 amide bonds. The minimum atomic E-state index is -0.147. The Bertz CT molecular complexity index is 1270. The lowest BCUT2D eigenvalue weighted by Gasteiger charge is -2.13. The number of rotatable bonds is 7. The summed E-state index contributed by atoms with van der Waals surface area (Å²) in [7, 11) is 0. The fourth-order valence-corrected chi connectivity index (χ4v) is 4.28. The number of fused-ring (bicyclic) bond motifs is 1. The summed E-state index contributed by atoms with van der Waals surface area (Å²) in [6, 6.07) is 17.4. The average Bonchev–Trinajstić information content (AvgIpc) is 3.49. The van der Waals surface area contributed by atoms with Crippen LogP contribution in [0.15, 0.2) is 60.9 Å². The van der Waals surface area contributed by atoms with Crippen molar-refractivity contribution >= 4 is 22.9 Å². The number of nitrogens with two attached hydrogens (primary N) is 1. The zero-order valence-electron chi connectivity index (χ0n) is 18.8. The number of nitrogen functional groups attached to an aromatic ring is 1. The highest BCUT2D eigenvalue weighted by Crippen LogP contribution is 2.31. The molecule has 0 spiro atoms. The normalized spacial score (nSPS) is 13.8. The number of urea groups is 1. The number of anilines is 1. The molecule has 2 heterocycles. The predicted octanol–water partition coefficient (Wildman–Crippen LogP) is 4.11. The highest BCUT2D eigenvalue weighted by Gasteiger charge is 2.19. The first-order valence-corrected chi connectivity index (χ1v) is 11.5. The van der Waals surface area contributed by atoms with Crippen molar-refractivity contribution in [3.05, 3.63) is 60.9 Å². The van der Waals surface area contributed by atoms with Gasteiger partial charge in [0.25, 0.3) is 0 Å². The van der Waals surface area contributed by atoms with Gasteiger partial charge < -0.3 is 21.1 Å². The molecule has 1 fully saturated rings. The number of nitrogens with one attached hydrogen (secondary N) is 2. The quantitative estimate of drug-likeness (QED) is 0.384. The van der Waals surface area contributed by atoms with Crippen LogP contribution < -0.4 is 21.1 Å². The maximum absolute atomic E-state index is 12.2. The molecule has 1 aliphatic carbocycles. The van der Waals surface area contributed by atoms with E-state index in [2.05, 4.69) is 20.6 Å². The molecule has 0 radical (unpaired) electrons. The second-order valence-electron chi connectivity index (χ2n) is 8.35. The molecule has 1 aliphatic rings. The Labute approximate surface area is 197 Å². The van der Waals surface area contributed by atoms with Gasteiger partial charge in [-0.05, 0) is 49.2 Å². The molecule has 2 aromatic carbocycles. The third-order valence-corrected chi connectivity index (χ3v) is 5.96. The predicted molar refractivity (Wildman–Crippen MR) is 130 cm³/mol. The van der Waals surface area contributed by atoms with Crippen molar-refractivity contribution in [2.24, 2.45) is 0 Å². The molecule has 0 atom stereocenters. The molecule has 34 heavy (non-hydrogen) atoms. The van der Waals surface area contributed by atoms with Crippen LogP contribution in [0, 0.1) is 0 Å². The summed E-state index contributed by atoms with van der Waals surface area (Å²) in [5.74, 6) is 1.86. The summed E-state index contributed by atoms with van der Waals surface area (Å²) in [5, 5.41) is 11.4. The Hall–Kier alpha value is -4.14. The van der Waals surface area contributed by atoms with Crippen LogP contribution in [0.2, 0.25) is 0 Å². The average molecular weight is 458 g/mol. The van der Waals surface area contributed by atoms with Crippen molar-refractivity contribution in [1.29, 1.82) is 0 Å². The van der Waals surface area contributed by atoms with E-state index in [0.29, 0.717) is 35.6 Å². The lowest BCUT2D eigenvalue weighted by molar-refractivity contribution is 0.236. The summed E-state index contributed by atoms with van der Waals surface area (Å²) in [4.78, 5) is 20.7. The van der Waals surface area contributed by atoms with Crippen LogP contribution >= 0.6 is 0 Å². The van der Waals surface area contributed by atoms with Gasteiger partial charge in [0, 0.05) is 18.2 Å². The molecule has 174 valence electrons. The molecular formula is C25H27N7O2. The number of hydrogen-bond acceptors (Lipinski definition) is 6. The first-order valence-electron chi connectivity index (χ1n) is 11.5. The van der Waals surface area contributed by atoms with Crippen LogP contribution in [0.25, 0.3) is 22.3 Å². The lowest BCUT2D eigenvalue weighted by Crippen LogP contribution is -2.42. The lowest BCUT2D eigenvalue weighted by atomic mass is 10.1. The van der Waals surface area contributed by atoms with Crippen molar-refractivity contribution in [3.63, 3.8) is 0 Å². The molecule has 9 nitrogen and oxygen atoms in total. The number of ether oxygens (including phenoxy) is 1. The minimum Gasteiger partial charge on any atom is -0.457 e. The fraction of sp³-hybridized carbons (Fsp3) is 0.280. The van der Waals surface area contributed by atoms with Crippen LogP contribution in [0.1, 0.15) is 25.7 Å². The fourth-order valence-electron chi connectivity index (χ4n) is 4.28. The monoisotopic (exact) mass is 457 g/mol. The minimum absolute atomic E-state index is 0.147. The van der Waals surface area contributed by atoms with Crippen LogP contribution in [0.4, 0.5) is 10.6 Å². The van der Waals surface area contributed by atoms with E-state index in [1.165, 1.54) is 19.2 Å². The third-order valence-electron chi connectivity index (χ3n) is 5.96. The van der Waals surface area contributed by atoms with E-state index >= 15 is 0 Å². The van der Waals surface area contributed by atoms with Crippen LogP contribution in [0.5, 0.6) is 11.5 Å². The largest absolute Gasteiger partial charge is 0.457 e. The highest BCUT2D eigenvalue weighted by atomic mass is 16.5. The van der Waals surface area contributed by atoms with E-state index in [-0.39, 0.29) is 12.1 Å². The van der Waals surface area contributed by atoms with E-state index in [9.17, 15) is 4.79 Å². The van der Waals surface area contributed by atoms with Crippen molar-refractivity contribution in [2.45, 2.75) is 38.3 Å². The van der Waals surface area contributed by atoms with Gasteiger partial charge in [-0.1, -0.05) is 31.0 Å². The van der Waals surface area contributed by atoms with Crippen LogP contribution in [-0.4, -0.2) is 38.4 Å². The molecule has 2 aromatic heterocycles. The molecule has 0 aliphatic heterocycles. The number of aromatic nitrogens is 4. The Balaban J connectivity index is 1.32. The molecule has 0 unspecified atom stereocenters. The van der Waals surface area contributed by atoms with E-state index < -0.39 is 0 Å². The molecule has 5 rings (SSSR count). The Kier molecular flexibility index (Phi) is 6.24. The zero-order chi connectivity index (χ0) is 23.3. The number of nitrogens with zero attached hydrogens (tertiary/aromatic N) is 4. The number of benzene rings is 2. The summed E-state index contributed by atoms with van der Waals surface area (Å²) < 4.78 is 7.64. The van der Waals surface area contributed by atoms with E-state index in [1.807, 2.05) is 54.6 Å². The molecule has 9 heteroatoms. The van der Waals surface area contributed by atoms with Crippen molar-refractivity contribution in [3.8, 4) is 22.8 Å².